The molecule has 0 fully saturated rings. The molecule has 0 N–H and O–H groups in total. The van der Waals surface area contributed by atoms with Gasteiger partial charge in [-0.15, -0.1) is 0 Å². The van der Waals surface area contributed by atoms with Crippen LogP contribution in [0.5, 0.6) is 0 Å². The Labute approximate surface area is 117 Å². The highest BCUT2D eigenvalue weighted by Crippen LogP contribution is 2.23. The SMILES string of the molecule is FC[S+](c1ccccc1)c1ccccc1.F[B-](F)(F)F. The summed E-state index contributed by atoms with van der Waals surface area (Å²) in [5.74, 6) is 0. The molecule has 7 heteroatoms. The number of halogens is 5. The highest BCUT2D eigenvalue weighted by Gasteiger charge is 2.24. The highest BCUT2D eigenvalue weighted by atomic mass is 32.2. The minimum atomic E-state index is -6.00. The number of rotatable bonds is 3. The molecule has 0 atom stereocenters. The summed E-state index contributed by atoms with van der Waals surface area (Å²) >= 11 is 0. The van der Waals surface area contributed by atoms with Gasteiger partial charge in [0.05, 0.1) is 10.9 Å². The van der Waals surface area contributed by atoms with Crippen LogP contribution in [0.4, 0.5) is 21.7 Å². The molecular weight excluding hydrogens is 294 g/mol. The summed E-state index contributed by atoms with van der Waals surface area (Å²) in [6.07, 6.45) is 0. The van der Waals surface area contributed by atoms with Gasteiger partial charge in [-0.25, -0.2) is 0 Å². The van der Waals surface area contributed by atoms with Crippen LogP contribution in [-0.4, -0.2) is 13.3 Å². The first-order valence-corrected chi connectivity index (χ1v) is 7.05. The molecule has 0 bridgehead atoms. The molecule has 2 aromatic carbocycles. The van der Waals surface area contributed by atoms with Gasteiger partial charge in [0.15, 0.2) is 9.79 Å². The van der Waals surface area contributed by atoms with E-state index in [0.717, 1.165) is 9.79 Å². The molecule has 0 nitrogen and oxygen atoms in total. The maximum Gasteiger partial charge on any atom is 0.673 e. The Hall–Kier alpha value is -1.50. The molecule has 108 valence electrons. The van der Waals surface area contributed by atoms with Crippen LogP contribution in [0.1, 0.15) is 0 Å². The average molecular weight is 306 g/mol. The minimum absolute atomic E-state index is 0.325. The van der Waals surface area contributed by atoms with Crippen LogP contribution in [-0.2, 0) is 10.9 Å². The van der Waals surface area contributed by atoms with Gasteiger partial charge in [-0.2, -0.15) is 4.39 Å². The Kier molecular flexibility index (Phi) is 6.57. The summed E-state index contributed by atoms with van der Waals surface area (Å²) in [6.45, 7) is 0. The van der Waals surface area contributed by atoms with Crippen molar-refractivity contribution in [3.8, 4) is 0 Å². The summed E-state index contributed by atoms with van der Waals surface area (Å²) in [7, 11) is -6.42. The smallest absolute Gasteiger partial charge is 0.418 e. The maximum absolute atomic E-state index is 13.0. The lowest BCUT2D eigenvalue weighted by atomic mass is 10.3. The maximum atomic E-state index is 13.0. The zero-order chi connectivity index (χ0) is 15.0. The van der Waals surface area contributed by atoms with E-state index in [1.165, 1.54) is 0 Å². The molecule has 20 heavy (non-hydrogen) atoms. The fourth-order valence-electron chi connectivity index (χ4n) is 1.43. The van der Waals surface area contributed by atoms with Crippen molar-refractivity contribution >= 4 is 18.1 Å². The van der Waals surface area contributed by atoms with E-state index in [-0.39, 0.29) is 6.01 Å². The molecular formula is C13H12BF5S. The van der Waals surface area contributed by atoms with E-state index < -0.39 is 18.1 Å². The van der Waals surface area contributed by atoms with Gasteiger partial charge in [-0.1, -0.05) is 36.4 Å². The lowest BCUT2D eigenvalue weighted by Crippen LogP contribution is -2.04. The van der Waals surface area contributed by atoms with Crippen LogP contribution in [0.2, 0.25) is 0 Å². The lowest BCUT2D eigenvalue weighted by molar-refractivity contribution is 0.368. The van der Waals surface area contributed by atoms with Crippen molar-refractivity contribution in [3.05, 3.63) is 60.7 Å². The van der Waals surface area contributed by atoms with Crippen molar-refractivity contribution < 1.29 is 21.7 Å². The van der Waals surface area contributed by atoms with Gasteiger partial charge in [-0.05, 0) is 24.3 Å². The molecule has 0 spiro atoms. The van der Waals surface area contributed by atoms with Crippen LogP contribution in [0.25, 0.3) is 0 Å². The van der Waals surface area contributed by atoms with Gasteiger partial charge in [0, 0.05) is 0 Å². The molecule has 0 aromatic heterocycles. The van der Waals surface area contributed by atoms with Crippen LogP contribution in [0, 0.1) is 0 Å². The third-order valence-corrected chi connectivity index (χ3v) is 4.07. The first-order valence-electron chi connectivity index (χ1n) is 5.66. The zero-order valence-electron chi connectivity index (χ0n) is 10.4. The van der Waals surface area contributed by atoms with Crippen molar-refractivity contribution in [3.63, 3.8) is 0 Å². The Morgan fingerprint density at radius 3 is 1.25 bits per heavy atom. The van der Waals surface area contributed by atoms with E-state index in [9.17, 15) is 21.7 Å². The Morgan fingerprint density at radius 2 is 1.00 bits per heavy atom. The van der Waals surface area contributed by atoms with Gasteiger partial charge >= 0.3 is 7.25 Å². The predicted molar refractivity (Wildman–Crippen MR) is 72.9 cm³/mol. The van der Waals surface area contributed by atoms with Crippen LogP contribution in [0.3, 0.4) is 0 Å². The normalized spacial score (nSPS) is 10.9. The van der Waals surface area contributed by atoms with Gasteiger partial charge in [0.25, 0.3) is 6.01 Å². The summed E-state index contributed by atoms with van der Waals surface area (Å²) in [4.78, 5) is 2.12. The van der Waals surface area contributed by atoms with Gasteiger partial charge in [0.1, 0.15) is 0 Å². The largest absolute Gasteiger partial charge is 0.673 e. The molecule has 0 radical (unpaired) electrons. The van der Waals surface area contributed by atoms with Crippen molar-refractivity contribution in [1.82, 2.24) is 0 Å². The average Bonchev–Trinajstić information content (AvgIpc) is 2.40. The number of alkyl halides is 1. The van der Waals surface area contributed by atoms with Crippen LogP contribution < -0.4 is 0 Å². The van der Waals surface area contributed by atoms with Crippen LogP contribution >= 0.6 is 0 Å². The summed E-state index contributed by atoms with van der Waals surface area (Å²) < 4.78 is 52.0. The molecule has 2 rings (SSSR count). The summed E-state index contributed by atoms with van der Waals surface area (Å²) in [6, 6.07) is 19.3. The summed E-state index contributed by atoms with van der Waals surface area (Å²) in [5.41, 5.74) is 0. The zero-order valence-corrected chi connectivity index (χ0v) is 11.2. The van der Waals surface area contributed by atoms with E-state index in [1.54, 1.807) is 0 Å². The highest BCUT2D eigenvalue weighted by molar-refractivity contribution is 7.96. The topological polar surface area (TPSA) is 0 Å². The molecule has 0 aliphatic heterocycles. The summed E-state index contributed by atoms with van der Waals surface area (Å²) in [5, 5.41) is 0. The van der Waals surface area contributed by atoms with Gasteiger partial charge < -0.3 is 17.3 Å². The van der Waals surface area contributed by atoms with Crippen molar-refractivity contribution in [2.24, 2.45) is 0 Å². The Morgan fingerprint density at radius 1 is 0.700 bits per heavy atom. The van der Waals surface area contributed by atoms with E-state index in [0.29, 0.717) is 0 Å². The predicted octanol–water partition coefficient (Wildman–Crippen LogP) is 4.95. The first-order chi connectivity index (χ1) is 9.42. The lowest BCUT2D eigenvalue weighted by Gasteiger charge is -2.02. The van der Waals surface area contributed by atoms with Gasteiger partial charge in [0.2, 0.25) is 0 Å². The fraction of sp³-hybridized carbons (Fsp3) is 0.0769. The van der Waals surface area contributed by atoms with Crippen molar-refractivity contribution in [2.45, 2.75) is 9.79 Å². The molecule has 0 saturated carbocycles. The number of hydrogen-bond donors (Lipinski definition) is 0. The molecule has 2 aromatic rings. The standard InChI is InChI=1S/C13H12FS.BF4/c14-11-15(12-7-3-1-4-8-12)13-9-5-2-6-10-13;2-1(3,4)5/h1-10H,11H2;/q+1;-1. The Balaban J connectivity index is 0.000000347. The second kappa shape index (κ2) is 7.94. The van der Waals surface area contributed by atoms with E-state index in [1.807, 2.05) is 60.7 Å². The van der Waals surface area contributed by atoms with Crippen molar-refractivity contribution in [2.75, 3.05) is 6.01 Å². The first kappa shape index (κ1) is 16.6. The molecule has 0 aliphatic carbocycles. The molecule has 0 heterocycles. The third kappa shape index (κ3) is 6.61. The molecule has 0 aliphatic rings. The fourth-order valence-corrected chi connectivity index (χ4v) is 2.93. The Bertz CT molecular complexity index is 444. The monoisotopic (exact) mass is 306 g/mol. The second-order valence-corrected chi connectivity index (χ2v) is 5.56. The molecule has 0 unspecified atom stereocenters. The van der Waals surface area contributed by atoms with E-state index >= 15 is 0 Å². The van der Waals surface area contributed by atoms with Crippen LogP contribution in [0.15, 0.2) is 70.5 Å². The quantitative estimate of drug-likeness (QED) is 0.427. The second-order valence-electron chi connectivity index (χ2n) is 3.62. The van der Waals surface area contributed by atoms with E-state index in [2.05, 4.69) is 0 Å². The van der Waals surface area contributed by atoms with Crippen molar-refractivity contribution in [1.29, 1.82) is 0 Å². The number of hydrogen-bond acceptors (Lipinski definition) is 0. The van der Waals surface area contributed by atoms with E-state index in [4.69, 9.17) is 0 Å². The third-order valence-electron chi connectivity index (χ3n) is 2.16. The minimum Gasteiger partial charge on any atom is -0.418 e. The molecule has 0 amide bonds. The molecule has 0 saturated heterocycles. The number of benzene rings is 2. The van der Waals surface area contributed by atoms with Gasteiger partial charge in [-0.3, -0.25) is 0 Å².